The first-order valence-electron chi connectivity index (χ1n) is 2.41. The first kappa shape index (κ1) is 12.9. The lowest BCUT2D eigenvalue weighted by molar-refractivity contribution is 0.632. The first-order chi connectivity index (χ1) is 4.22. The maximum atomic E-state index is 12.4. The quantitative estimate of drug-likeness (QED) is 0.680. The number of rotatable bonds is 0. The van der Waals surface area contributed by atoms with Gasteiger partial charge in [0.25, 0.3) is 0 Å². The Hall–Kier alpha value is -0.710. The van der Waals surface area contributed by atoms with Crippen molar-refractivity contribution < 1.29 is 13.8 Å². The van der Waals surface area contributed by atoms with E-state index in [0.29, 0.717) is 4.47 Å². The number of anilines is 1. The molecule has 0 radical (unpaired) electrons. The van der Waals surface area contributed by atoms with Gasteiger partial charge >= 0.3 is 0 Å². The van der Waals surface area contributed by atoms with Gasteiger partial charge in [0.1, 0.15) is 5.82 Å². The highest BCUT2D eigenvalue weighted by atomic mass is 79.9. The lowest BCUT2D eigenvalue weighted by Gasteiger charge is -1.95. The Morgan fingerprint density at radius 3 is 2.18 bits per heavy atom. The number of para-hydroxylation sites is 1. The zero-order valence-electron chi connectivity index (χ0n) is 5.38. The summed E-state index contributed by atoms with van der Waals surface area (Å²) in [7, 11) is 0. The Bertz CT molecular complexity index is 209. The number of halogens is 4. The summed E-state index contributed by atoms with van der Waals surface area (Å²) >= 11 is 3.08. The molecule has 1 aromatic carbocycles. The van der Waals surface area contributed by atoms with Crippen molar-refractivity contribution >= 4 is 21.6 Å². The smallest absolute Gasteiger partial charge is 0.147 e. The number of nitrogens with two attached hydrogens (primary N) is 1. The molecule has 0 atom stereocenters. The molecule has 0 aromatic heterocycles. The highest BCUT2D eigenvalue weighted by Crippen LogP contribution is 2.20. The zero-order chi connectivity index (χ0) is 6.85. The standard InChI is InChI=1S/C6H5BrFN.2FH/c7-4-2-1-3-5(8)6(4)9;;/h1-3H,9H2;2*1H. The molecule has 64 valence electrons. The van der Waals surface area contributed by atoms with Gasteiger partial charge in [-0.1, -0.05) is 6.07 Å². The highest BCUT2D eigenvalue weighted by molar-refractivity contribution is 9.10. The fourth-order valence-electron chi connectivity index (χ4n) is 0.511. The predicted octanol–water partition coefficient (Wildman–Crippen LogP) is 2.48. The second kappa shape index (κ2) is 5.01. The average Bonchev–Trinajstić information content (AvgIpc) is 1.83. The lowest BCUT2D eigenvalue weighted by Crippen LogP contribution is -1.89. The van der Waals surface area contributed by atoms with Crippen molar-refractivity contribution in [3.05, 3.63) is 28.5 Å². The molecule has 2 N–H and O–H groups in total. The van der Waals surface area contributed by atoms with Crippen LogP contribution in [-0.4, -0.2) is 0 Å². The van der Waals surface area contributed by atoms with Gasteiger partial charge in [0.15, 0.2) is 0 Å². The van der Waals surface area contributed by atoms with Gasteiger partial charge in [0, 0.05) is 4.47 Å². The molecule has 0 aliphatic carbocycles. The summed E-state index contributed by atoms with van der Waals surface area (Å²) in [5.41, 5.74) is 5.42. The minimum absolute atomic E-state index is 0. The Kier molecular flexibility index (Phi) is 5.88. The molecule has 5 heteroatoms. The molecule has 0 saturated carbocycles. The van der Waals surface area contributed by atoms with Gasteiger partial charge < -0.3 is 5.73 Å². The average molecular weight is 230 g/mol. The van der Waals surface area contributed by atoms with E-state index in [-0.39, 0.29) is 20.9 Å². The number of benzene rings is 1. The third kappa shape index (κ3) is 2.80. The van der Waals surface area contributed by atoms with E-state index in [9.17, 15) is 4.39 Å². The fraction of sp³-hybridized carbons (Fsp3) is 0. The molecule has 0 aliphatic rings. The lowest BCUT2D eigenvalue weighted by atomic mass is 10.3. The largest absolute Gasteiger partial charge is 0.395 e. The Balaban J connectivity index is 0. The van der Waals surface area contributed by atoms with Crippen molar-refractivity contribution in [2.45, 2.75) is 0 Å². The Morgan fingerprint density at radius 2 is 1.82 bits per heavy atom. The van der Waals surface area contributed by atoms with Crippen molar-refractivity contribution in [1.29, 1.82) is 0 Å². The van der Waals surface area contributed by atoms with Crippen LogP contribution in [-0.2, 0) is 0 Å². The molecule has 0 fully saturated rings. The molecular formula is C6H7BrF3N. The Labute approximate surface area is 70.3 Å². The van der Waals surface area contributed by atoms with Crippen LogP contribution >= 0.6 is 15.9 Å². The maximum Gasteiger partial charge on any atom is 0.147 e. The minimum Gasteiger partial charge on any atom is -0.395 e. The second-order valence-corrected chi connectivity index (χ2v) is 2.49. The van der Waals surface area contributed by atoms with Crippen molar-refractivity contribution in [3.63, 3.8) is 0 Å². The highest BCUT2D eigenvalue weighted by Gasteiger charge is 1.98. The monoisotopic (exact) mass is 229 g/mol. The molecule has 0 saturated heterocycles. The Morgan fingerprint density at radius 1 is 1.27 bits per heavy atom. The van der Waals surface area contributed by atoms with Crippen molar-refractivity contribution in [1.82, 2.24) is 0 Å². The van der Waals surface area contributed by atoms with E-state index in [2.05, 4.69) is 15.9 Å². The van der Waals surface area contributed by atoms with Crippen molar-refractivity contribution in [2.75, 3.05) is 5.73 Å². The summed E-state index contributed by atoms with van der Waals surface area (Å²) in [4.78, 5) is 0. The van der Waals surface area contributed by atoms with Crippen LogP contribution in [0.2, 0.25) is 0 Å². The first-order valence-corrected chi connectivity index (χ1v) is 3.20. The molecule has 1 aromatic rings. The maximum absolute atomic E-state index is 12.4. The van der Waals surface area contributed by atoms with Crippen LogP contribution in [0.4, 0.5) is 19.5 Å². The van der Waals surface area contributed by atoms with Crippen molar-refractivity contribution in [3.8, 4) is 0 Å². The third-order valence-corrected chi connectivity index (χ3v) is 1.69. The van der Waals surface area contributed by atoms with Gasteiger partial charge in [-0.15, -0.1) is 0 Å². The van der Waals surface area contributed by atoms with E-state index >= 15 is 0 Å². The van der Waals surface area contributed by atoms with Gasteiger partial charge in [-0.3, -0.25) is 9.41 Å². The van der Waals surface area contributed by atoms with E-state index in [4.69, 9.17) is 5.73 Å². The molecule has 0 aliphatic heterocycles. The molecule has 0 heterocycles. The molecular weight excluding hydrogens is 223 g/mol. The normalized spacial score (nSPS) is 7.82. The minimum atomic E-state index is -0.385. The van der Waals surface area contributed by atoms with Gasteiger partial charge in [-0.2, -0.15) is 0 Å². The van der Waals surface area contributed by atoms with E-state index in [1.807, 2.05) is 0 Å². The second-order valence-electron chi connectivity index (χ2n) is 1.64. The van der Waals surface area contributed by atoms with E-state index in [0.717, 1.165) is 0 Å². The van der Waals surface area contributed by atoms with Crippen LogP contribution in [0.1, 0.15) is 0 Å². The van der Waals surface area contributed by atoms with E-state index in [1.165, 1.54) is 6.07 Å². The molecule has 11 heavy (non-hydrogen) atoms. The zero-order valence-corrected chi connectivity index (χ0v) is 6.97. The SMILES string of the molecule is F.F.Nc1c(F)cccc1Br. The molecule has 0 bridgehead atoms. The van der Waals surface area contributed by atoms with E-state index < -0.39 is 0 Å². The van der Waals surface area contributed by atoms with Gasteiger partial charge in [0.05, 0.1) is 5.69 Å². The summed E-state index contributed by atoms with van der Waals surface area (Å²) < 4.78 is 13.0. The number of hydrogen-bond acceptors (Lipinski definition) is 1. The summed E-state index contributed by atoms with van der Waals surface area (Å²) in [6.45, 7) is 0. The van der Waals surface area contributed by atoms with Crippen LogP contribution < -0.4 is 5.73 Å². The van der Waals surface area contributed by atoms with Gasteiger partial charge in [-0.25, -0.2) is 4.39 Å². The number of nitrogen functional groups attached to an aromatic ring is 1. The van der Waals surface area contributed by atoms with Crippen LogP contribution in [0.5, 0.6) is 0 Å². The molecule has 0 unspecified atom stereocenters. The summed E-state index contributed by atoms with van der Waals surface area (Å²) in [5, 5.41) is 0. The summed E-state index contributed by atoms with van der Waals surface area (Å²) in [6.07, 6.45) is 0. The number of hydrogen-bond donors (Lipinski definition) is 1. The van der Waals surface area contributed by atoms with Crippen LogP contribution in [0, 0.1) is 5.82 Å². The van der Waals surface area contributed by atoms with Crippen LogP contribution in [0.25, 0.3) is 0 Å². The van der Waals surface area contributed by atoms with Gasteiger partial charge in [0.2, 0.25) is 0 Å². The predicted molar refractivity (Wildman–Crippen MR) is 43.5 cm³/mol. The van der Waals surface area contributed by atoms with Gasteiger partial charge in [-0.05, 0) is 28.1 Å². The molecule has 0 amide bonds. The van der Waals surface area contributed by atoms with Crippen molar-refractivity contribution in [2.24, 2.45) is 0 Å². The topological polar surface area (TPSA) is 26.0 Å². The molecule has 0 spiro atoms. The molecule has 1 rings (SSSR count). The summed E-state index contributed by atoms with van der Waals surface area (Å²) in [6, 6.07) is 4.61. The molecule has 1 nitrogen and oxygen atoms in total. The summed E-state index contributed by atoms with van der Waals surface area (Å²) in [5.74, 6) is -0.385. The van der Waals surface area contributed by atoms with Crippen LogP contribution in [0.3, 0.4) is 0 Å². The van der Waals surface area contributed by atoms with E-state index in [1.54, 1.807) is 12.1 Å². The van der Waals surface area contributed by atoms with Crippen LogP contribution in [0.15, 0.2) is 22.7 Å². The third-order valence-electron chi connectivity index (χ3n) is 1.000. The fourth-order valence-corrected chi connectivity index (χ4v) is 0.853.